The standard InChI is InChI=1S/C10H22N2O5/c11-3-1-2-4-12-7-8(14)6(5-13)17-10(16)9(7)15/h6-10,12-16H,1-5,11H2/t6-,7-,8-,9+,10+/m1/s1. The van der Waals surface area contributed by atoms with Gasteiger partial charge < -0.3 is 36.2 Å². The van der Waals surface area contributed by atoms with Gasteiger partial charge in [0.05, 0.1) is 12.6 Å². The fraction of sp³-hybridized carbons (Fsp3) is 1.00. The van der Waals surface area contributed by atoms with E-state index in [1.165, 1.54) is 0 Å². The van der Waals surface area contributed by atoms with Crippen molar-refractivity contribution in [2.24, 2.45) is 5.73 Å². The molecule has 1 aliphatic rings. The molecule has 0 spiro atoms. The molecule has 102 valence electrons. The van der Waals surface area contributed by atoms with Crippen LogP contribution in [0, 0.1) is 0 Å². The van der Waals surface area contributed by atoms with Crippen molar-refractivity contribution in [3.8, 4) is 0 Å². The highest BCUT2D eigenvalue weighted by molar-refractivity contribution is 4.93. The molecular formula is C10H22N2O5. The lowest BCUT2D eigenvalue weighted by atomic mass is 9.96. The largest absolute Gasteiger partial charge is 0.394 e. The number of rotatable bonds is 6. The Balaban J connectivity index is 2.47. The average molecular weight is 250 g/mol. The van der Waals surface area contributed by atoms with Gasteiger partial charge >= 0.3 is 0 Å². The molecule has 1 fully saturated rings. The van der Waals surface area contributed by atoms with E-state index < -0.39 is 37.3 Å². The Bertz CT molecular complexity index is 219. The molecule has 0 amide bonds. The Kier molecular flexibility index (Phi) is 6.28. The topological polar surface area (TPSA) is 128 Å². The van der Waals surface area contributed by atoms with Gasteiger partial charge in [0.15, 0.2) is 6.29 Å². The molecule has 1 saturated heterocycles. The minimum absolute atomic E-state index is 0.411. The summed E-state index contributed by atoms with van der Waals surface area (Å²) in [6.07, 6.45) is -2.91. The van der Waals surface area contributed by atoms with Crippen molar-refractivity contribution in [3.05, 3.63) is 0 Å². The first kappa shape index (κ1) is 14.8. The van der Waals surface area contributed by atoms with Crippen molar-refractivity contribution in [2.75, 3.05) is 19.7 Å². The van der Waals surface area contributed by atoms with E-state index in [4.69, 9.17) is 15.6 Å². The predicted molar refractivity (Wildman–Crippen MR) is 60.1 cm³/mol. The Morgan fingerprint density at radius 2 is 1.82 bits per heavy atom. The summed E-state index contributed by atoms with van der Waals surface area (Å²) >= 11 is 0. The van der Waals surface area contributed by atoms with Gasteiger partial charge in [-0.3, -0.25) is 0 Å². The fourth-order valence-corrected chi connectivity index (χ4v) is 1.88. The maximum atomic E-state index is 9.83. The lowest BCUT2D eigenvalue weighted by Gasteiger charge is -2.40. The van der Waals surface area contributed by atoms with Gasteiger partial charge in [-0.15, -0.1) is 0 Å². The molecule has 7 N–H and O–H groups in total. The van der Waals surface area contributed by atoms with Gasteiger partial charge in [0.25, 0.3) is 0 Å². The van der Waals surface area contributed by atoms with Crippen molar-refractivity contribution in [2.45, 2.75) is 43.5 Å². The molecule has 0 aromatic carbocycles. The zero-order valence-corrected chi connectivity index (χ0v) is 9.70. The Morgan fingerprint density at radius 1 is 1.12 bits per heavy atom. The molecule has 0 unspecified atom stereocenters. The predicted octanol–water partition coefficient (Wildman–Crippen LogP) is -2.89. The van der Waals surface area contributed by atoms with Gasteiger partial charge in [0.1, 0.15) is 18.3 Å². The quantitative estimate of drug-likeness (QED) is 0.279. The highest BCUT2D eigenvalue weighted by Crippen LogP contribution is 2.19. The minimum Gasteiger partial charge on any atom is -0.394 e. The van der Waals surface area contributed by atoms with Crippen molar-refractivity contribution in [1.29, 1.82) is 0 Å². The summed E-state index contributed by atoms with van der Waals surface area (Å²) < 4.78 is 4.86. The molecule has 1 rings (SSSR count). The van der Waals surface area contributed by atoms with E-state index in [1.54, 1.807) is 0 Å². The molecule has 17 heavy (non-hydrogen) atoms. The summed E-state index contributed by atoms with van der Waals surface area (Å²) in [6.45, 7) is 0.745. The maximum absolute atomic E-state index is 9.83. The first-order valence-electron chi connectivity index (χ1n) is 5.85. The fourth-order valence-electron chi connectivity index (χ4n) is 1.88. The van der Waals surface area contributed by atoms with Crippen molar-refractivity contribution >= 4 is 0 Å². The summed E-state index contributed by atoms with van der Waals surface area (Å²) in [5, 5.41) is 40.8. The molecule has 5 atom stereocenters. The number of aliphatic hydroxyl groups excluding tert-OH is 4. The molecule has 0 aromatic rings. The van der Waals surface area contributed by atoms with Crippen molar-refractivity contribution in [3.63, 3.8) is 0 Å². The SMILES string of the molecule is NCCCCN[C@H]1[C@H](O)[C@@H](O)O[C@H](CO)[C@H]1O. The summed E-state index contributed by atoms with van der Waals surface area (Å²) in [5.74, 6) is 0. The first-order chi connectivity index (χ1) is 8.11. The zero-order chi connectivity index (χ0) is 12.8. The van der Waals surface area contributed by atoms with E-state index in [1.807, 2.05) is 0 Å². The summed E-state index contributed by atoms with van der Waals surface area (Å²) in [6, 6.07) is -0.714. The molecule has 1 heterocycles. The number of hydrogen-bond donors (Lipinski definition) is 6. The van der Waals surface area contributed by atoms with E-state index >= 15 is 0 Å². The van der Waals surface area contributed by atoms with Gasteiger partial charge in [-0.25, -0.2) is 0 Å². The van der Waals surface area contributed by atoms with Gasteiger partial charge in [-0.1, -0.05) is 0 Å². The van der Waals surface area contributed by atoms with E-state index in [0.29, 0.717) is 13.1 Å². The molecule has 0 aromatic heterocycles. The van der Waals surface area contributed by atoms with Crippen LogP contribution in [0.5, 0.6) is 0 Å². The van der Waals surface area contributed by atoms with Gasteiger partial charge in [-0.2, -0.15) is 0 Å². The third kappa shape index (κ3) is 3.85. The normalized spacial score (nSPS) is 38.3. The second kappa shape index (κ2) is 7.22. The van der Waals surface area contributed by atoms with Crippen LogP contribution >= 0.6 is 0 Å². The van der Waals surface area contributed by atoms with Crippen LogP contribution in [0.25, 0.3) is 0 Å². The number of unbranched alkanes of at least 4 members (excludes halogenated alkanes) is 1. The zero-order valence-electron chi connectivity index (χ0n) is 9.70. The van der Waals surface area contributed by atoms with E-state index in [-0.39, 0.29) is 0 Å². The number of nitrogens with one attached hydrogen (secondary N) is 1. The third-order valence-corrected chi connectivity index (χ3v) is 2.91. The van der Waals surface area contributed by atoms with Crippen molar-refractivity contribution in [1.82, 2.24) is 5.32 Å². The molecule has 0 saturated carbocycles. The van der Waals surface area contributed by atoms with Gasteiger partial charge in [0, 0.05) is 0 Å². The lowest BCUT2D eigenvalue weighted by molar-refractivity contribution is -0.262. The molecule has 1 aliphatic heterocycles. The minimum atomic E-state index is -1.40. The van der Waals surface area contributed by atoms with Crippen LogP contribution in [0.1, 0.15) is 12.8 Å². The van der Waals surface area contributed by atoms with Gasteiger partial charge in [-0.05, 0) is 25.9 Å². The third-order valence-electron chi connectivity index (χ3n) is 2.91. The number of aliphatic hydroxyl groups is 4. The van der Waals surface area contributed by atoms with E-state index in [2.05, 4.69) is 5.32 Å². The van der Waals surface area contributed by atoms with Crippen LogP contribution in [-0.2, 0) is 4.74 Å². The molecular weight excluding hydrogens is 228 g/mol. The van der Waals surface area contributed by atoms with Crippen LogP contribution in [0.4, 0.5) is 0 Å². The second-order valence-corrected chi connectivity index (χ2v) is 4.20. The van der Waals surface area contributed by atoms with E-state index in [9.17, 15) is 15.3 Å². The molecule has 0 aliphatic carbocycles. The number of ether oxygens (including phenoxy) is 1. The number of hydrogen-bond acceptors (Lipinski definition) is 7. The van der Waals surface area contributed by atoms with Crippen LogP contribution in [0.2, 0.25) is 0 Å². The Labute approximate surface area is 100 Å². The van der Waals surface area contributed by atoms with E-state index in [0.717, 1.165) is 12.8 Å². The summed E-state index contributed by atoms with van der Waals surface area (Å²) in [4.78, 5) is 0. The van der Waals surface area contributed by atoms with Gasteiger partial charge in [0.2, 0.25) is 0 Å². The Hall–Kier alpha value is -0.280. The van der Waals surface area contributed by atoms with Crippen LogP contribution < -0.4 is 11.1 Å². The molecule has 7 nitrogen and oxygen atoms in total. The van der Waals surface area contributed by atoms with Crippen LogP contribution in [0.3, 0.4) is 0 Å². The maximum Gasteiger partial charge on any atom is 0.183 e. The second-order valence-electron chi connectivity index (χ2n) is 4.20. The van der Waals surface area contributed by atoms with Crippen molar-refractivity contribution < 1.29 is 25.2 Å². The molecule has 0 bridgehead atoms. The molecule has 7 heteroatoms. The van der Waals surface area contributed by atoms with Crippen LogP contribution in [0.15, 0.2) is 0 Å². The highest BCUT2D eigenvalue weighted by atomic mass is 16.6. The summed E-state index contributed by atoms with van der Waals surface area (Å²) in [7, 11) is 0. The first-order valence-corrected chi connectivity index (χ1v) is 5.85. The molecule has 0 radical (unpaired) electrons. The monoisotopic (exact) mass is 250 g/mol. The summed E-state index contributed by atoms with van der Waals surface area (Å²) in [5.41, 5.74) is 5.35. The average Bonchev–Trinajstić information content (AvgIpc) is 2.33. The number of nitrogens with two attached hydrogens (primary N) is 1. The highest BCUT2D eigenvalue weighted by Gasteiger charge is 2.43. The smallest absolute Gasteiger partial charge is 0.183 e. The Morgan fingerprint density at radius 3 is 2.41 bits per heavy atom. The lowest BCUT2D eigenvalue weighted by Crippen LogP contribution is -2.63. The van der Waals surface area contributed by atoms with Crippen LogP contribution in [-0.4, -0.2) is 70.8 Å².